The van der Waals surface area contributed by atoms with Gasteiger partial charge in [0.15, 0.2) is 0 Å². The minimum atomic E-state index is -0.0963. The summed E-state index contributed by atoms with van der Waals surface area (Å²) in [4.78, 5) is 12.1. The van der Waals surface area contributed by atoms with Crippen molar-refractivity contribution in [2.75, 3.05) is 0 Å². The molecule has 118 valence electrons. The van der Waals surface area contributed by atoms with E-state index in [1.165, 1.54) is 11.3 Å². The maximum absolute atomic E-state index is 4.87. The molecule has 1 aromatic rings. The number of nitrogens with zero attached hydrogens (tertiary/aromatic N) is 3. The molecule has 0 amide bonds. The van der Waals surface area contributed by atoms with Gasteiger partial charge in [0.05, 0.1) is 11.2 Å². The molecule has 0 aromatic carbocycles. The van der Waals surface area contributed by atoms with E-state index >= 15 is 0 Å². The van der Waals surface area contributed by atoms with Crippen LogP contribution >= 0.6 is 0 Å². The lowest BCUT2D eigenvalue weighted by Gasteiger charge is -2.62. The summed E-state index contributed by atoms with van der Waals surface area (Å²) in [6.45, 7) is 22.7. The third-order valence-corrected chi connectivity index (χ3v) is 5.66. The molecule has 3 heteroatoms. The molecular weight excluding hydrogens is 258 g/mol. The smallest absolute Gasteiger partial charge is 0.125 e. The minimum absolute atomic E-state index is 0.0000926. The quantitative estimate of drug-likeness (QED) is 0.779. The molecule has 0 spiro atoms. The topological polar surface area (TPSA) is 29.0 Å². The monoisotopic (exact) mass is 289 g/mol. The summed E-state index contributed by atoms with van der Waals surface area (Å²) in [6, 6.07) is 0.456. The van der Waals surface area contributed by atoms with Gasteiger partial charge in [0.2, 0.25) is 0 Å². The van der Waals surface area contributed by atoms with Crippen molar-refractivity contribution >= 4 is 0 Å². The minimum Gasteiger partial charge on any atom is -0.284 e. The molecule has 2 heterocycles. The molecule has 0 atom stereocenters. The molecule has 0 aliphatic carbocycles. The Balaban J connectivity index is 2.89. The predicted octanol–water partition coefficient (Wildman–Crippen LogP) is 4.11. The maximum Gasteiger partial charge on any atom is 0.125 e. The molecule has 3 nitrogen and oxygen atoms in total. The molecule has 0 bridgehead atoms. The van der Waals surface area contributed by atoms with Gasteiger partial charge in [-0.3, -0.25) is 4.90 Å². The average Bonchev–Trinajstić information content (AvgIpc) is 2.23. The first kappa shape index (κ1) is 16.4. The maximum atomic E-state index is 4.87. The molecule has 1 aromatic heterocycles. The van der Waals surface area contributed by atoms with Crippen LogP contribution in [-0.4, -0.2) is 26.4 Å². The number of fused-ring (bicyclic) bond motifs is 1. The first-order valence-corrected chi connectivity index (χ1v) is 8.00. The zero-order valence-electron chi connectivity index (χ0n) is 15.4. The van der Waals surface area contributed by atoms with Gasteiger partial charge in [0.25, 0.3) is 0 Å². The lowest BCUT2D eigenvalue weighted by Crippen LogP contribution is -2.68. The number of rotatable bonds is 1. The zero-order valence-corrected chi connectivity index (χ0v) is 15.4. The molecule has 2 rings (SSSR count). The predicted molar refractivity (Wildman–Crippen MR) is 88.6 cm³/mol. The fraction of sp³-hybridized carbons (Fsp3) is 0.778. The van der Waals surface area contributed by atoms with Gasteiger partial charge >= 0.3 is 0 Å². The van der Waals surface area contributed by atoms with Crippen LogP contribution in [-0.2, 0) is 11.0 Å². The molecule has 0 saturated carbocycles. The van der Waals surface area contributed by atoms with Crippen molar-refractivity contribution in [1.82, 2.24) is 14.9 Å². The molecule has 0 N–H and O–H groups in total. The SMILES string of the molecule is Cc1nc(C)c2c(n1)C(C)(C)N(C(C)C)C(C)(C)C2(C)C. The molecule has 0 saturated heterocycles. The van der Waals surface area contributed by atoms with E-state index < -0.39 is 0 Å². The van der Waals surface area contributed by atoms with Gasteiger partial charge in [-0.05, 0) is 55.4 Å². The van der Waals surface area contributed by atoms with E-state index in [1.54, 1.807) is 0 Å². The van der Waals surface area contributed by atoms with Gasteiger partial charge in [-0.1, -0.05) is 13.8 Å². The highest BCUT2D eigenvalue weighted by molar-refractivity contribution is 5.43. The fourth-order valence-electron chi connectivity index (χ4n) is 4.61. The Labute approximate surface area is 130 Å². The largest absolute Gasteiger partial charge is 0.284 e. The molecule has 0 radical (unpaired) electrons. The standard InChI is InChI=1S/C18H31N3/c1-11(2)21-17(7,8)15-14(12(3)19-13(4)20-15)16(5,6)18(21,9)10/h11H,1-10H3. The van der Waals surface area contributed by atoms with Crippen molar-refractivity contribution in [3.63, 3.8) is 0 Å². The number of hydrogen-bond acceptors (Lipinski definition) is 3. The highest BCUT2D eigenvalue weighted by atomic mass is 15.3. The Morgan fingerprint density at radius 1 is 0.905 bits per heavy atom. The Hall–Kier alpha value is -0.960. The van der Waals surface area contributed by atoms with Gasteiger partial charge in [-0.15, -0.1) is 0 Å². The van der Waals surface area contributed by atoms with Crippen LogP contribution in [0.15, 0.2) is 0 Å². The molecular formula is C18H31N3. The number of hydrogen-bond donors (Lipinski definition) is 0. The first-order valence-electron chi connectivity index (χ1n) is 8.00. The van der Waals surface area contributed by atoms with Crippen LogP contribution in [0.5, 0.6) is 0 Å². The van der Waals surface area contributed by atoms with E-state index in [2.05, 4.69) is 72.2 Å². The first-order chi connectivity index (χ1) is 9.35. The molecule has 21 heavy (non-hydrogen) atoms. The summed E-state index contributed by atoms with van der Waals surface area (Å²) in [5, 5.41) is 0. The Morgan fingerprint density at radius 3 is 1.90 bits per heavy atom. The van der Waals surface area contributed by atoms with Crippen LogP contribution in [0, 0.1) is 13.8 Å². The van der Waals surface area contributed by atoms with E-state index in [1.807, 2.05) is 6.92 Å². The van der Waals surface area contributed by atoms with Crippen LogP contribution in [0.1, 0.15) is 78.2 Å². The van der Waals surface area contributed by atoms with Crippen LogP contribution in [0.2, 0.25) is 0 Å². The summed E-state index contributed by atoms with van der Waals surface area (Å²) in [7, 11) is 0. The van der Waals surface area contributed by atoms with E-state index in [4.69, 9.17) is 4.98 Å². The second-order valence-electron chi connectivity index (χ2n) is 8.29. The molecule has 1 aliphatic rings. The summed E-state index contributed by atoms with van der Waals surface area (Å²) in [6.07, 6.45) is 0. The summed E-state index contributed by atoms with van der Waals surface area (Å²) in [5.74, 6) is 0.874. The van der Waals surface area contributed by atoms with Crippen molar-refractivity contribution in [3.05, 3.63) is 22.8 Å². The van der Waals surface area contributed by atoms with E-state index in [-0.39, 0.29) is 16.5 Å². The van der Waals surface area contributed by atoms with Crippen molar-refractivity contribution in [3.8, 4) is 0 Å². The third-order valence-electron chi connectivity index (χ3n) is 5.66. The van der Waals surface area contributed by atoms with Gasteiger partial charge < -0.3 is 0 Å². The van der Waals surface area contributed by atoms with E-state index in [0.717, 1.165) is 11.5 Å². The lowest BCUT2D eigenvalue weighted by molar-refractivity contribution is -0.0724. The van der Waals surface area contributed by atoms with Crippen molar-refractivity contribution in [2.45, 2.75) is 91.8 Å². The molecule has 1 aliphatic heterocycles. The Kier molecular flexibility index (Phi) is 3.53. The van der Waals surface area contributed by atoms with Gasteiger partial charge in [-0.2, -0.15) is 0 Å². The van der Waals surface area contributed by atoms with Crippen molar-refractivity contribution < 1.29 is 0 Å². The average molecular weight is 289 g/mol. The van der Waals surface area contributed by atoms with Crippen LogP contribution < -0.4 is 0 Å². The van der Waals surface area contributed by atoms with E-state index in [0.29, 0.717) is 6.04 Å². The van der Waals surface area contributed by atoms with Crippen LogP contribution in [0.25, 0.3) is 0 Å². The molecule has 0 fully saturated rings. The zero-order chi connectivity index (χ0) is 16.4. The Bertz CT molecular complexity index is 568. The lowest BCUT2D eigenvalue weighted by atomic mass is 9.61. The number of aryl methyl sites for hydroxylation is 2. The molecule has 0 unspecified atom stereocenters. The summed E-state index contributed by atoms with van der Waals surface area (Å²) in [5.41, 5.74) is 3.60. The fourth-order valence-corrected chi connectivity index (χ4v) is 4.61. The van der Waals surface area contributed by atoms with E-state index in [9.17, 15) is 0 Å². The normalized spacial score (nSPS) is 23.2. The van der Waals surface area contributed by atoms with Crippen LogP contribution in [0.4, 0.5) is 0 Å². The van der Waals surface area contributed by atoms with Gasteiger partial charge in [0, 0.05) is 28.3 Å². The van der Waals surface area contributed by atoms with Crippen LogP contribution in [0.3, 0.4) is 0 Å². The number of aromatic nitrogens is 2. The van der Waals surface area contributed by atoms with Crippen molar-refractivity contribution in [1.29, 1.82) is 0 Å². The van der Waals surface area contributed by atoms with Gasteiger partial charge in [0.1, 0.15) is 5.82 Å². The Morgan fingerprint density at radius 2 is 1.43 bits per heavy atom. The second kappa shape index (κ2) is 4.52. The van der Waals surface area contributed by atoms with Gasteiger partial charge in [-0.25, -0.2) is 9.97 Å². The summed E-state index contributed by atoms with van der Waals surface area (Å²) >= 11 is 0. The highest BCUT2D eigenvalue weighted by Gasteiger charge is 2.56. The second-order valence-corrected chi connectivity index (χ2v) is 8.29. The highest BCUT2D eigenvalue weighted by Crippen LogP contribution is 2.53. The third kappa shape index (κ3) is 2.04. The summed E-state index contributed by atoms with van der Waals surface area (Å²) < 4.78 is 0. The van der Waals surface area contributed by atoms with Crippen molar-refractivity contribution in [2.24, 2.45) is 0 Å².